The van der Waals surface area contributed by atoms with Crippen LogP contribution in [0.5, 0.6) is 0 Å². The molecule has 2 atom stereocenters. The summed E-state index contributed by atoms with van der Waals surface area (Å²) in [5.41, 5.74) is 12.1. The van der Waals surface area contributed by atoms with E-state index < -0.39 is 18.0 Å². The van der Waals surface area contributed by atoms with Crippen molar-refractivity contribution in [1.29, 1.82) is 0 Å². The first kappa shape index (κ1) is 16.2. The lowest BCUT2D eigenvalue weighted by Crippen LogP contribution is -2.51. The first-order valence-electron chi connectivity index (χ1n) is 6.79. The van der Waals surface area contributed by atoms with Gasteiger partial charge in [-0.05, 0) is 24.3 Å². The van der Waals surface area contributed by atoms with E-state index in [4.69, 9.17) is 11.5 Å². The number of carbonyl (C=O) groups is 2. The molecule has 0 heterocycles. The Morgan fingerprint density at radius 3 is 2.30 bits per heavy atom. The number of hydrogen-bond acceptors (Lipinski definition) is 3. The van der Waals surface area contributed by atoms with Gasteiger partial charge < -0.3 is 16.8 Å². The van der Waals surface area contributed by atoms with E-state index in [-0.39, 0.29) is 11.8 Å². The monoisotopic (exact) mass is 277 g/mol. The number of nitrogens with two attached hydrogens (primary N) is 2. The summed E-state index contributed by atoms with van der Waals surface area (Å²) in [7, 11) is 0. The molecule has 20 heavy (non-hydrogen) atoms. The zero-order valence-corrected chi connectivity index (χ0v) is 12.0. The molecule has 0 fully saturated rings. The van der Waals surface area contributed by atoms with Gasteiger partial charge in [-0.2, -0.15) is 0 Å². The standard InChI is InChI=1S/C15H23N3O2/c1-10(2)8-13(14(17)19)18-15(20)12(16)9-11-6-4-3-5-7-11/h3-7,10,12-13H,8-9,16H2,1-2H3,(H2,17,19)(H,18,20)/t12-,13-/m1/s1. The molecule has 0 aliphatic heterocycles. The molecule has 5 heteroatoms. The van der Waals surface area contributed by atoms with Gasteiger partial charge in [0.05, 0.1) is 6.04 Å². The number of hydrogen-bond donors (Lipinski definition) is 3. The van der Waals surface area contributed by atoms with Crippen molar-refractivity contribution >= 4 is 11.8 Å². The van der Waals surface area contributed by atoms with Crippen molar-refractivity contribution < 1.29 is 9.59 Å². The summed E-state index contributed by atoms with van der Waals surface area (Å²) in [6, 6.07) is 8.16. The second-order valence-electron chi connectivity index (χ2n) is 5.39. The van der Waals surface area contributed by atoms with E-state index in [1.165, 1.54) is 0 Å². The molecule has 1 rings (SSSR count). The maximum atomic E-state index is 12.0. The van der Waals surface area contributed by atoms with Crippen molar-refractivity contribution in [2.75, 3.05) is 0 Å². The zero-order chi connectivity index (χ0) is 15.1. The lowest BCUT2D eigenvalue weighted by atomic mass is 10.0. The van der Waals surface area contributed by atoms with E-state index in [1.54, 1.807) is 0 Å². The number of carbonyl (C=O) groups excluding carboxylic acids is 2. The van der Waals surface area contributed by atoms with Crippen molar-refractivity contribution in [2.45, 2.75) is 38.8 Å². The highest BCUT2D eigenvalue weighted by molar-refractivity contribution is 5.89. The van der Waals surface area contributed by atoms with Crippen LogP contribution in [-0.4, -0.2) is 23.9 Å². The smallest absolute Gasteiger partial charge is 0.240 e. The minimum atomic E-state index is -0.689. The fourth-order valence-electron chi connectivity index (χ4n) is 1.96. The summed E-state index contributed by atoms with van der Waals surface area (Å²) >= 11 is 0. The van der Waals surface area contributed by atoms with Crippen LogP contribution in [0, 0.1) is 5.92 Å². The zero-order valence-electron chi connectivity index (χ0n) is 12.0. The molecule has 0 aliphatic carbocycles. The Labute approximate surface area is 119 Å². The third-order valence-electron chi connectivity index (χ3n) is 3.00. The highest BCUT2D eigenvalue weighted by atomic mass is 16.2. The Kier molecular flexibility index (Phi) is 6.18. The summed E-state index contributed by atoms with van der Waals surface area (Å²) in [4.78, 5) is 23.3. The highest BCUT2D eigenvalue weighted by Gasteiger charge is 2.22. The van der Waals surface area contributed by atoms with Crippen LogP contribution in [-0.2, 0) is 16.0 Å². The molecule has 0 aromatic heterocycles. The first-order valence-corrected chi connectivity index (χ1v) is 6.79. The van der Waals surface area contributed by atoms with Gasteiger partial charge in [0.1, 0.15) is 6.04 Å². The van der Waals surface area contributed by atoms with Gasteiger partial charge in [0.25, 0.3) is 0 Å². The van der Waals surface area contributed by atoms with Crippen LogP contribution in [0.25, 0.3) is 0 Å². The average molecular weight is 277 g/mol. The molecule has 2 amide bonds. The Hall–Kier alpha value is -1.88. The van der Waals surface area contributed by atoms with Gasteiger partial charge in [-0.3, -0.25) is 9.59 Å². The number of rotatable bonds is 7. The third-order valence-corrected chi connectivity index (χ3v) is 3.00. The number of nitrogens with one attached hydrogen (secondary N) is 1. The summed E-state index contributed by atoms with van der Waals surface area (Å²) in [6.07, 6.45) is 0.943. The van der Waals surface area contributed by atoms with Crippen molar-refractivity contribution in [1.82, 2.24) is 5.32 Å². The predicted molar refractivity (Wildman–Crippen MR) is 78.7 cm³/mol. The van der Waals surface area contributed by atoms with E-state index in [0.29, 0.717) is 12.8 Å². The largest absolute Gasteiger partial charge is 0.368 e. The van der Waals surface area contributed by atoms with E-state index in [9.17, 15) is 9.59 Å². The molecule has 0 saturated heterocycles. The minimum Gasteiger partial charge on any atom is -0.368 e. The Morgan fingerprint density at radius 1 is 1.20 bits per heavy atom. The average Bonchev–Trinajstić information content (AvgIpc) is 2.38. The van der Waals surface area contributed by atoms with Gasteiger partial charge in [0, 0.05) is 0 Å². The van der Waals surface area contributed by atoms with Gasteiger partial charge in [-0.15, -0.1) is 0 Å². The fourth-order valence-corrected chi connectivity index (χ4v) is 1.96. The van der Waals surface area contributed by atoms with Gasteiger partial charge >= 0.3 is 0 Å². The minimum absolute atomic E-state index is 0.262. The summed E-state index contributed by atoms with van der Waals surface area (Å²) in [5, 5.41) is 2.63. The lowest BCUT2D eigenvalue weighted by molar-refractivity contribution is -0.128. The highest BCUT2D eigenvalue weighted by Crippen LogP contribution is 2.06. The molecule has 5 nitrogen and oxygen atoms in total. The Balaban J connectivity index is 2.57. The topological polar surface area (TPSA) is 98.2 Å². The normalized spacial score (nSPS) is 13.8. The van der Waals surface area contributed by atoms with Crippen LogP contribution in [0.3, 0.4) is 0 Å². The van der Waals surface area contributed by atoms with E-state index >= 15 is 0 Å². The van der Waals surface area contributed by atoms with Gasteiger partial charge in [0.2, 0.25) is 11.8 Å². The number of amides is 2. The Morgan fingerprint density at radius 2 is 1.80 bits per heavy atom. The van der Waals surface area contributed by atoms with Crippen LogP contribution in [0.2, 0.25) is 0 Å². The molecule has 1 aromatic rings. The van der Waals surface area contributed by atoms with E-state index in [1.807, 2.05) is 44.2 Å². The lowest BCUT2D eigenvalue weighted by Gasteiger charge is -2.20. The van der Waals surface area contributed by atoms with Crippen molar-refractivity contribution in [3.63, 3.8) is 0 Å². The number of benzene rings is 1. The Bertz CT molecular complexity index is 446. The number of primary amides is 1. The molecule has 110 valence electrons. The summed E-state index contributed by atoms with van der Waals surface area (Å²) < 4.78 is 0. The second-order valence-corrected chi connectivity index (χ2v) is 5.39. The summed E-state index contributed by atoms with van der Waals surface area (Å²) in [6.45, 7) is 3.93. The second kappa shape index (κ2) is 7.65. The maximum absolute atomic E-state index is 12.0. The van der Waals surface area contributed by atoms with Crippen LogP contribution < -0.4 is 16.8 Å². The molecule has 1 aromatic carbocycles. The molecule has 0 bridgehead atoms. The SMILES string of the molecule is CC(C)C[C@@H](NC(=O)[C@H](N)Cc1ccccc1)C(N)=O. The van der Waals surface area contributed by atoms with Crippen molar-refractivity contribution in [3.8, 4) is 0 Å². The van der Waals surface area contributed by atoms with Crippen LogP contribution in [0.4, 0.5) is 0 Å². The van der Waals surface area contributed by atoms with Crippen LogP contribution >= 0.6 is 0 Å². The molecular formula is C15H23N3O2. The first-order chi connectivity index (χ1) is 9.40. The maximum Gasteiger partial charge on any atom is 0.240 e. The molecular weight excluding hydrogens is 254 g/mol. The van der Waals surface area contributed by atoms with Gasteiger partial charge in [-0.1, -0.05) is 44.2 Å². The molecule has 0 unspecified atom stereocenters. The van der Waals surface area contributed by atoms with Gasteiger partial charge in [0.15, 0.2) is 0 Å². The molecule has 0 aliphatic rings. The van der Waals surface area contributed by atoms with Crippen LogP contribution in [0.1, 0.15) is 25.8 Å². The van der Waals surface area contributed by atoms with E-state index in [0.717, 1.165) is 5.56 Å². The van der Waals surface area contributed by atoms with Crippen molar-refractivity contribution in [3.05, 3.63) is 35.9 Å². The van der Waals surface area contributed by atoms with E-state index in [2.05, 4.69) is 5.32 Å². The molecule has 0 saturated carbocycles. The molecule has 0 radical (unpaired) electrons. The van der Waals surface area contributed by atoms with Gasteiger partial charge in [-0.25, -0.2) is 0 Å². The van der Waals surface area contributed by atoms with Crippen molar-refractivity contribution in [2.24, 2.45) is 17.4 Å². The molecule has 0 spiro atoms. The molecule has 5 N–H and O–H groups in total. The fraction of sp³-hybridized carbons (Fsp3) is 0.467. The third kappa shape index (κ3) is 5.40. The quantitative estimate of drug-likeness (QED) is 0.679. The van der Waals surface area contributed by atoms with Crippen LogP contribution in [0.15, 0.2) is 30.3 Å². The predicted octanol–water partition coefficient (Wildman–Crippen LogP) is 0.573. The summed E-state index contributed by atoms with van der Waals surface area (Å²) in [5.74, 6) is -0.615.